The van der Waals surface area contributed by atoms with Gasteiger partial charge in [-0.25, -0.2) is 0 Å². The van der Waals surface area contributed by atoms with Gasteiger partial charge in [-0.3, -0.25) is 14.9 Å². The molecule has 0 radical (unpaired) electrons. The highest BCUT2D eigenvalue weighted by Gasteiger charge is 2.77. The summed E-state index contributed by atoms with van der Waals surface area (Å²) in [6, 6.07) is -1.23. The molecule has 7 aliphatic rings. The molecule has 0 amide bonds. The van der Waals surface area contributed by atoms with Crippen molar-refractivity contribution in [2.24, 2.45) is 0 Å². The summed E-state index contributed by atoms with van der Waals surface area (Å²) in [6.07, 6.45) is 0. The molecule has 27 aromatic rings. The van der Waals surface area contributed by atoms with Crippen molar-refractivity contribution in [2.75, 3.05) is 0 Å². The van der Waals surface area contributed by atoms with E-state index >= 15 is 9.59 Å². The summed E-state index contributed by atoms with van der Waals surface area (Å²) in [5, 5.41) is 103. The van der Waals surface area contributed by atoms with Gasteiger partial charge in [0.15, 0.2) is 0 Å². The zero-order valence-corrected chi connectivity index (χ0v) is 35.3. The van der Waals surface area contributed by atoms with Crippen LogP contribution in [0.4, 0.5) is 0 Å². The Morgan fingerprint density at radius 1 is 0.286 bits per heavy atom. The van der Waals surface area contributed by atoms with Gasteiger partial charge in [0, 0.05) is 0 Å². The number of carboxylic acid groups (broad SMARTS) is 2. The maximum Gasteiger partial charge on any atom is 0.325 e. The Morgan fingerprint density at radius 2 is 0.471 bits per heavy atom. The number of hydrogen-bond acceptors (Lipinski definition) is 3. The largest absolute Gasteiger partial charge is 0.480 e. The van der Waals surface area contributed by atoms with Crippen molar-refractivity contribution in [1.29, 1.82) is 0 Å². The zero-order valence-electron chi connectivity index (χ0n) is 35.3. The van der Waals surface area contributed by atoms with E-state index < -0.39 is 34.3 Å². The minimum atomic E-state index is -1.72. The summed E-state index contributed by atoms with van der Waals surface area (Å²) < 4.78 is 0. The van der Waals surface area contributed by atoms with Crippen molar-refractivity contribution >= 4 is 292 Å². The molecule has 0 saturated heterocycles. The smallest absolute Gasteiger partial charge is 0.325 e. The highest BCUT2D eigenvalue weighted by molar-refractivity contribution is 6.81. The van der Waals surface area contributed by atoms with Gasteiger partial charge in [0.25, 0.3) is 0 Å². The molecular weight excluding hydrogens is 859 g/mol. The fraction of sp³-hybridized carbons (Fsp3) is 0.0769. The summed E-state index contributed by atoms with van der Waals surface area (Å²) in [6.45, 7) is 1.94. The lowest BCUT2D eigenvalue weighted by atomic mass is 9.50. The van der Waals surface area contributed by atoms with E-state index in [0.717, 1.165) is 22.3 Å². The van der Waals surface area contributed by atoms with Gasteiger partial charge in [0.05, 0.1) is 10.8 Å². The first-order valence-corrected chi connectivity index (χ1v) is 25.5. The molecule has 2 aliphatic heterocycles. The quantitative estimate of drug-likeness (QED) is 0.151. The highest BCUT2D eigenvalue weighted by Crippen LogP contribution is 2.85. The Bertz CT molecular complexity index is 7420. The lowest BCUT2D eigenvalue weighted by Crippen LogP contribution is -2.66. The van der Waals surface area contributed by atoms with E-state index in [2.05, 4.69) is 5.32 Å². The summed E-state index contributed by atoms with van der Waals surface area (Å²) in [5.41, 5.74) is 2.93. The fourth-order valence-electron chi connectivity index (χ4n) is 25.5. The third-order valence-electron chi connectivity index (χ3n) is 25.6. The van der Waals surface area contributed by atoms with Crippen LogP contribution < -0.4 is 5.32 Å². The van der Waals surface area contributed by atoms with E-state index in [4.69, 9.17) is 0 Å². The van der Waals surface area contributed by atoms with Crippen LogP contribution in [0.25, 0.3) is 280 Å². The predicted octanol–water partition coefficient (Wildman–Crippen LogP) is 14.9. The van der Waals surface area contributed by atoms with Crippen LogP contribution in [0.15, 0.2) is 0 Å². The first-order valence-electron chi connectivity index (χ1n) is 25.5. The van der Waals surface area contributed by atoms with Crippen LogP contribution in [0.3, 0.4) is 0 Å². The molecule has 0 aromatic heterocycles. The van der Waals surface area contributed by atoms with Crippen molar-refractivity contribution in [2.45, 2.75) is 29.3 Å². The maximum absolute atomic E-state index is 15.5. The van der Waals surface area contributed by atoms with Crippen LogP contribution in [0.1, 0.15) is 40.3 Å². The SMILES string of the molecule is CC1(C(=O)O)NC(C(=O)O)C23c4c5c6c7c8c9c%10c%11c(c2c2c%12c3c3c%13c4c6c4c6c%13c%13c3c3c%12c%12c%14c2c%11c2c%11c%10c%10c8c8c7c4c4c6c6c%13c7c3c%12c3c(c%142)c2c%11c%10c%10c8c4c4c%10c2c3c7c64)C591. The molecule has 4 atom stereocenters. The summed E-state index contributed by atoms with van der Waals surface area (Å²) in [5.74, 6) is -1.91. The van der Waals surface area contributed by atoms with Gasteiger partial charge in [0.2, 0.25) is 0 Å². The molecule has 0 saturated carbocycles. The first-order chi connectivity index (χ1) is 34.5. The van der Waals surface area contributed by atoms with Crippen LogP contribution in [-0.2, 0) is 20.4 Å². The monoisotopic (exact) mass is 865 g/mol. The van der Waals surface area contributed by atoms with E-state index in [1.54, 1.807) is 0 Å². The number of hydrogen-bond donors (Lipinski definition) is 3. The third-order valence-corrected chi connectivity index (χ3v) is 25.6. The van der Waals surface area contributed by atoms with E-state index in [1.807, 2.05) is 6.92 Å². The number of fused-ring (bicyclic) bond motifs is 2. The molecule has 296 valence electrons. The Morgan fingerprint density at radius 3 is 0.757 bits per heavy atom. The highest BCUT2D eigenvalue weighted by atomic mass is 16.4. The van der Waals surface area contributed by atoms with E-state index in [-0.39, 0.29) is 0 Å². The molecule has 0 fully saturated rings. The maximum atomic E-state index is 15.5. The van der Waals surface area contributed by atoms with Crippen molar-refractivity contribution in [3.05, 3.63) is 33.4 Å². The molecule has 70 heavy (non-hydrogen) atoms. The average molecular weight is 866 g/mol. The van der Waals surface area contributed by atoms with Gasteiger partial charge in [-0.1, -0.05) is 0 Å². The second kappa shape index (κ2) is 5.69. The van der Waals surface area contributed by atoms with Crippen molar-refractivity contribution < 1.29 is 19.8 Å². The molecule has 34 rings (SSSR count). The number of benzene rings is 17. The Labute approximate surface area is 378 Å². The minimum absolute atomic E-state index is 0.952. The molecule has 5 nitrogen and oxygen atoms in total. The molecule has 3 N–H and O–H groups in total. The summed E-state index contributed by atoms with van der Waals surface area (Å²) in [4.78, 5) is 30.7. The number of carbonyl (C=O) groups is 2. The van der Waals surface area contributed by atoms with E-state index in [0.29, 0.717) is 0 Å². The van der Waals surface area contributed by atoms with Crippen molar-refractivity contribution in [1.82, 2.24) is 5.32 Å². The normalized spacial score (nSPS) is 25.7. The number of rotatable bonds is 2. The fourth-order valence-corrected chi connectivity index (χ4v) is 25.5. The molecule has 2 bridgehead atoms. The predicted molar refractivity (Wildman–Crippen MR) is 283 cm³/mol. The Kier molecular flexibility index (Phi) is 2.13. The van der Waals surface area contributed by atoms with Gasteiger partial charge >= 0.3 is 11.9 Å². The third kappa shape index (κ3) is 1.31. The summed E-state index contributed by atoms with van der Waals surface area (Å²) >= 11 is 0. The lowest BCUT2D eigenvalue weighted by Gasteiger charge is -2.49. The minimum Gasteiger partial charge on any atom is -0.480 e. The molecule has 2 spiro atoms. The van der Waals surface area contributed by atoms with Crippen LogP contribution in [0.5, 0.6) is 0 Å². The number of carboxylic acids is 2. The Hall–Kier alpha value is -8.64. The van der Waals surface area contributed by atoms with E-state index in [9.17, 15) is 10.2 Å². The van der Waals surface area contributed by atoms with Crippen LogP contribution in [0, 0.1) is 0 Å². The zero-order chi connectivity index (χ0) is 42.4. The number of aliphatic carboxylic acids is 2. The van der Waals surface area contributed by atoms with Crippen LogP contribution >= 0.6 is 0 Å². The standard InChI is InChI=1S/C65H7NO4/c1-63(62(69)70)65-55-47-38-31-18-11-5-4-6-2-3-7(5)16(18)22-20-9(3)12-8(2)19-21-15(6)17-10(4)13-14(11)25-32-24(13)33-30(17)37-35(21)39-26(19)28-23(12)29-27(20)40(36(22)38)51(55)53-42(29)41(28)52-50(39)54-46(37)43(33)48-45(32)49(44(47)34(25)31)58(65)56(48)64(54,57(52)59(53)65)60(66-63)61(67)68/h60,66H,1H3,(H,67,68)(H,69,70). The second-order valence-electron chi connectivity index (χ2n) is 25.7. The topological polar surface area (TPSA) is 86.6 Å². The molecule has 27 aromatic carbocycles. The van der Waals surface area contributed by atoms with Crippen molar-refractivity contribution in [3.63, 3.8) is 0 Å². The summed E-state index contributed by atoms with van der Waals surface area (Å²) in [7, 11) is 0. The van der Waals surface area contributed by atoms with Gasteiger partial charge in [-0.15, -0.1) is 0 Å². The molecular formula is C65H7NO4. The molecule has 5 heteroatoms. The van der Waals surface area contributed by atoms with Gasteiger partial charge < -0.3 is 10.2 Å². The second-order valence-corrected chi connectivity index (χ2v) is 25.7. The van der Waals surface area contributed by atoms with Gasteiger partial charge in [-0.05, 0) is 320 Å². The molecule has 5 aliphatic carbocycles. The first kappa shape index (κ1) is 26.2. The van der Waals surface area contributed by atoms with Gasteiger partial charge in [-0.2, -0.15) is 0 Å². The van der Waals surface area contributed by atoms with E-state index in [1.165, 1.54) is 291 Å². The van der Waals surface area contributed by atoms with Crippen LogP contribution in [-0.4, -0.2) is 33.7 Å². The Balaban J connectivity index is 1.23. The lowest BCUT2D eigenvalue weighted by molar-refractivity contribution is -0.148. The average Bonchev–Trinajstić information content (AvgIpc) is 4.39. The van der Waals surface area contributed by atoms with Crippen molar-refractivity contribution in [3.8, 4) is 0 Å². The molecule has 2 heterocycles. The van der Waals surface area contributed by atoms with Gasteiger partial charge in [0.1, 0.15) is 11.6 Å². The van der Waals surface area contributed by atoms with Crippen LogP contribution in [0.2, 0.25) is 0 Å². The molecule has 4 unspecified atom stereocenters. The number of nitrogens with one attached hydrogen (secondary N) is 1.